The maximum absolute atomic E-state index is 11.5. The van der Waals surface area contributed by atoms with Gasteiger partial charge in [0.05, 0.1) is 5.75 Å². The average Bonchev–Trinajstić information content (AvgIpc) is 2.84. The summed E-state index contributed by atoms with van der Waals surface area (Å²) in [6, 6.07) is 0. The zero-order valence-electron chi connectivity index (χ0n) is 7.94. The molecule has 0 radical (unpaired) electrons. The van der Waals surface area contributed by atoms with E-state index in [0.717, 1.165) is 12.8 Å². The Morgan fingerprint density at radius 3 is 2.54 bits per heavy atom. The highest BCUT2D eigenvalue weighted by atomic mass is 32.2. The molecule has 0 aromatic rings. The van der Waals surface area contributed by atoms with Crippen molar-refractivity contribution in [2.45, 2.75) is 19.3 Å². The second kappa shape index (κ2) is 4.39. The molecule has 78 valence electrons. The van der Waals surface area contributed by atoms with Crippen LogP contribution in [0.3, 0.4) is 0 Å². The van der Waals surface area contributed by atoms with Crippen molar-refractivity contribution in [3.63, 3.8) is 0 Å². The summed E-state index contributed by atoms with van der Waals surface area (Å²) in [6.45, 7) is 0.588. The van der Waals surface area contributed by atoms with Crippen LogP contribution in [0, 0.1) is 5.92 Å². The Morgan fingerprint density at radius 1 is 1.46 bits per heavy atom. The van der Waals surface area contributed by atoms with E-state index in [2.05, 4.69) is 0 Å². The average molecular weight is 207 g/mol. The second-order valence-electron chi connectivity index (χ2n) is 3.62. The van der Waals surface area contributed by atoms with E-state index in [1.165, 1.54) is 4.31 Å². The summed E-state index contributed by atoms with van der Waals surface area (Å²) in [5, 5.41) is 8.52. The topological polar surface area (TPSA) is 57.6 Å². The summed E-state index contributed by atoms with van der Waals surface area (Å²) in [5.74, 6) is 0.640. The lowest BCUT2D eigenvalue weighted by atomic mass is 10.4. The summed E-state index contributed by atoms with van der Waals surface area (Å²) in [5.41, 5.74) is 0. The molecule has 0 unspecified atom stereocenters. The fourth-order valence-corrected chi connectivity index (χ4v) is 2.42. The molecule has 0 aromatic carbocycles. The highest BCUT2D eigenvalue weighted by Gasteiger charge is 2.27. The van der Waals surface area contributed by atoms with E-state index in [1.807, 2.05) is 0 Å². The third kappa shape index (κ3) is 3.62. The van der Waals surface area contributed by atoms with Gasteiger partial charge in [-0.2, -0.15) is 0 Å². The molecule has 1 saturated carbocycles. The van der Waals surface area contributed by atoms with Gasteiger partial charge in [0.1, 0.15) is 0 Å². The van der Waals surface area contributed by atoms with E-state index in [9.17, 15) is 8.42 Å². The van der Waals surface area contributed by atoms with Gasteiger partial charge in [0.25, 0.3) is 0 Å². The van der Waals surface area contributed by atoms with E-state index in [1.54, 1.807) is 7.05 Å². The third-order valence-electron chi connectivity index (χ3n) is 2.25. The predicted molar refractivity (Wildman–Crippen MR) is 50.8 cm³/mol. The van der Waals surface area contributed by atoms with E-state index >= 15 is 0 Å². The van der Waals surface area contributed by atoms with Gasteiger partial charge in [-0.15, -0.1) is 0 Å². The normalized spacial score (nSPS) is 18.1. The van der Waals surface area contributed by atoms with Gasteiger partial charge < -0.3 is 5.11 Å². The fourth-order valence-electron chi connectivity index (χ4n) is 1.18. The molecule has 0 amide bonds. The Balaban J connectivity index is 2.36. The minimum Gasteiger partial charge on any atom is -0.396 e. The zero-order chi connectivity index (χ0) is 9.90. The fraction of sp³-hybridized carbons (Fsp3) is 1.00. The number of aliphatic hydroxyl groups excluding tert-OH is 1. The maximum Gasteiger partial charge on any atom is 0.213 e. The van der Waals surface area contributed by atoms with Crippen LogP contribution in [-0.2, 0) is 10.0 Å². The van der Waals surface area contributed by atoms with Crippen LogP contribution in [0.15, 0.2) is 0 Å². The molecule has 0 bridgehead atoms. The Hall–Kier alpha value is -0.130. The van der Waals surface area contributed by atoms with Gasteiger partial charge in [-0.3, -0.25) is 0 Å². The Labute approximate surface area is 79.6 Å². The van der Waals surface area contributed by atoms with Crippen molar-refractivity contribution in [1.82, 2.24) is 4.31 Å². The predicted octanol–water partition coefficient (Wildman–Crippen LogP) is 0.0404. The van der Waals surface area contributed by atoms with Gasteiger partial charge in [-0.1, -0.05) is 0 Å². The Kier molecular flexibility index (Phi) is 3.70. The molecule has 0 aliphatic heterocycles. The minimum atomic E-state index is -3.10. The molecule has 0 atom stereocenters. The first-order valence-corrected chi connectivity index (χ1v) is 6.22. The molecule has 0 saturated heterocycles. The van der Waals surface area contributed by atoms with Crippen molar-refractivity contribution in [3.05, 3.63) is 0 Å². The second-order valence-corrected chi connectivity index (χ2v) is 5.81. The van der Waals surface area contributed by atoms with Crippen molar-refractivity contribution in [1.29, 1.82) is 0 Å². The summed E-state index contributed by atoms with van der Waals surface area (Å²) in [6.07, 6.45) is 2.64. The molecular weight excluding hydrogens is 190 g/mol. The summed E-state index contributed by atoms with van der Waals surface area (Å²) >= 11 is 0. The first-order valence-electron chi connectivity index (χ1n) is 4.61. The first kappa shape index (κ1) is 10.9. The number of sulfonamides is 1. The number of rotatable bonds is 6. The van der Waals surface area contributed by atoms with Crippen molar-refractivity contribution >= 4 is 10.0 Å². The zero-order valence-corrected chi connectivity index (χ0v) is 8.76. The third-order valence-corrected chi connectivity index (χ3v) is 4.15. The lowest BCUT2D eigenvalue weighted by Gasteiger charge is -2.16. The molecule has 5 heteroatoms. The SMILES string of the molecule is CN(CC1CC1)S(=O)(=O)CCCO. The van der Waals surface area contributed by atoms with E-state index in [4.69, 9.17) is 5.11 Å². The first-order chi connectivity index (χ1) is 6.06. The van der Waals surface area contributed by atoms with Crippen molar-refractivity contribution in [2.75, 3.05) is 26.0 Å². The van der Waals surface area contributed by atoms with Crippen molar-refractivity contribution in [2.24, 2.45) is 5.92 Å². The minimum absolute atomic E-state index is 0.0590. The van der Waals surface area contributed by atoms with Gasteiger partial charge >= 0.3 is 0 Å². The summed E-state index contributed by atoms with van der Waals surface area (Å²) in [7, 11) is -1.49. The van der Waals surface area contributed by atoms with Crippen LogP contribution >= 0.6 is 0 Å². The number of nitrogens with zero attached hydrogens (tertiary/aromatic N) is 1. The van der Waals surface area contributed by atoms with E-state index in [-0.39, 0.29) is 12.4 Å². The maximum atomic E-state index is 11.5. The molecule has 1 N–H and O–H groups in total. The van der Waals surface area contributed by atoms with Crippen LogP contribution in [0.25, 0.3) is 0 Å². The standard InChI is InChI=1S/C8H17NO3S/c1-9(7-8-3-4-8)13(11,12)6-2-5-10/h8,10H,2-7H2,1H3. The summed E-state index contributed by atoms with van der Waals surface area (Å²) < 4.78 is 24.4. The number of hydrogen-bond acceptors (Lipinski definition) is 3. The molecule has 1 aliphatic carbocycles. The largest absolute Gasteiger partial charge is 0.396 e. The van der Waals surface area contributed by atoms with Gasteiger partial charge in [-0.25, -0.2) is 12.7 Å². The molecule has 0 aromatic heterocycles. The number of hydrogen-bond donors (Lipinski definition) is 1. The van der Waals surface area contributed by atoms with Gasteiger partial charge in [0.15, 0.2) is 0 Å². The summed E-state index contributed by atoms with van der Waals surface area (Å²) in [4.78, 5) is 0. The molecule has 1 rings (SSSR count). The van der Waals surface area contributed by atoms with Crippen molar-refractivity contribution in [3.8, 4) is 0 Å². The van der Waals surface area contributed by atoms with E-state index in [0.29, 0.717) is 18.9 Å². The highest BCUT2D eigenvalue weighted by molar-refractivity contribution is 7.89. The molecular formula is C8H17NO3S. The van der Waals surface area contributed by atoms with Gasteiger partial charge in [0, 0.05) is 20.2 Å². The molecule has 1 aliphatic rings. The van der Waals surface area contributed by atoms with Gasteiger partial charge in [0.2, 0.25) is 10.0 Å². The molecule has 0 spiro atoms. The van der Waals surface area contributed by atoms with Crippen LogP contribution < -0.4 is 0 Å². The molecule has 4 nitrogen and oxygen atoms in total. The Bertz CT molecular complexity index is 246. The highest BCUT2D eigenvalue weighted by Crippen LogP contribution is 2.29. The van der Waals surface area contributed by atoms with E-state index < -0.39 is 10.0 Å². The molecule has 0 heterocycles. The lowest BCUT2D eigenvalue weighted by molar-refractivity contribution is 0.294. The van der Waals surface area contributed by atoms with Crippen LogP contribution in [0.2, 0.25) is 0 Å². The van der Waals surface area contributed by atoms with Crippen LogP contribution in [-0.4, -0.2) is 43.8 Å². The molecule has 1 fully saturated rings. The smallest absolute Gasteiger partial charge is 0.213 e. The molecule has 13 heavy (non-hydrogen) atoms. The van der Waals surface area contributed by atoms with Gasteiger partial charge in [-0.05, 0) is 25.2 Å². The van der Waals surface area contributed by atoms with Crippen LogP contribution in [0.1, 0.15) is 19.3 Å². The Morgan fingerprint density at radius 2 is 2.08 bits per heavy atom. The number of aliphatic hydroxyl groups is 1. The van der Waals surface area contributed by atoms with Crippen molar-refractivity contribution < 1.29 is 13.5 Å². The van der Waals surface area contributed by atoms with Crippen LogP contribution in [0.5, 0.6) is 0 Å². The van der Waals surface area contributed by atoms with Crippen LogP contribution in [0.4, 0.5) is 0 Å². The lowest BCUT2D eigenvalue weighted by Crippen LogP contribution is -2.31. The monoisotopic (exact) mass is 207 g/mol. The quantitative estimate of drug-likeness (QED) is 0.669.